The number of nitrogens with one attached hydrogen (secondary N) is 1. The molecule has 0 aliphatic heterocycles. The molecule has 0 unspecified atom stereocenters. The highest BCUT2D eigenvalue weighted by atomic mass is 16.5. The first kappa shape index (κ1) is 13.6. The number of carbonyl (C=O) groups excluding carboxylic acids is 2. The van der Waals surface area contributed by atoms with Crippen LogP contribution in [-0.4, -0.2) is 24.0 Å². The van der Waals surface area contributed by atoms with Crippen LogP contribution in [0.3, 0.4) is 0 Å². The summed E-state index contributed by atoms with van der Waals surface area (Å²) in [6.07, 6.45) is 3.59. The monoisotopic (exact) mass is 261 g/mol. The highest BCUT2D eigenvalue weighted by Crippen LogP contribution is 2.17. The van der Waals surface area contributed by atoms with Gasteiger partial charge in [-0.05, 0) is 31.9 Å². The van der Waals surface area contributed by atoms with Crippen molar-refractivity contribution in [2.24, 2.45) is 0 Å². The smallest absolute Gasteiger partial charge is 0.338 e. The Morgan fingerprint density at radius 1 is 1.21 bits per heavy atom. The maximum absolute atomic E-state index is 11.9. The van der Waals surface area contributed by atoms with Crippen LogP contribution in [0.1, 0.15) is 43.0 Å². The van der Waals surface area contributed by atoms with Crippen LogP contribution >= 0.6 is 0 Å². The second-order valence-electron chi connectivity index (χ2n) is 4.90. The Bertz CT molecular complexity index is 438. The van der Waals surface area contributed by atoms with Gasteiger partial charge in [0.25, 0.3) is 5.91 Å². The summed E-state index contributed by atoms with van der Waals surface area (Å²) in [4.78, 5) is 23.7. The first-order valence-electron chi connectivity index (χ1n) is 6.73. The van der Waals surface area contributed by atoms with E-state index in [0.29, 0.717) is 5.56 Å². The topological polar surface area (TPSA) is 55.4 Å². The molecule has 0 spiro atoms. The normalized spacial score (nSPS) is 16.9. The standard InChI is InChI=1S/C15H19NO3/c1-11(14(17)16-13-9-5-6-10-13)19-15(18)12-7-3-2-4-8-12/h2-4,7-8,11,13H,5-6,9-10H2,1H3,(H,16,17)/t11-/m0/s1. The van der Waals surface area contributed by atoms with Crippen LogP contribution in [0.2, 0.25) is 0 Å². The molecule has 1 fully saturated rings. The molecule has 1 saturated carbocycles. The zero-order chi connectivity index (χ0) is 13.7. The lowest BCUT2D eigenvalue weighted by Crippen LogP contribution is -2.40. The minimum absolute atomic E-state index is 0.212. The second kappa shape index (κ2) is 6.36. The summed E-state index contributed by atoms with van der Waals surface area (Å²) in [5, 5.41) is 2.92. The first-order chi connectivity index (χ1) is 9.16. The average Bonchev–Trinajstić information content (AvgIpc) is 2.92. The molecule has 4 nitrogen and oxygen atoms in total. The number of carbonyl (C=O) groups is 2. The Kier molecular flexibility index (Phi) is 4.55. The highest BCUT2D eigenvalue weighted by Gasteiger charge is 2.23. The molecule has 102 valence electrons. The number of benzene rings is 1. The molecule has 1 N–H and O–H groups in total. The molecular formula is C15H19NO3. The molecule has 1 atom stereocenters. The van der Waals surface area contributed by atoms with Crippen molar-refractivity contribution in [1.29, 1.82) is 0 Å². The van der Waals surface area contributed by atoms with Crippen molar-refractivity contribution in [2.45, 2.75) is 44.8 Å². The zero-order valence-corrected chi connectivity index (χ0v) is 11.1. The second-order valence-corrected chi connectivity index (χ2v) is 4.90. The van der Waals surface area contributed by atoms with Gasteiger partial charge in [0.15, 0.2) is 6.10 Å². The maximum atomic E-state index is 11.9. The van der Waals surface area contributed by atoms with Gasteiger partial charge >= 0.3 is 5.97 Å². The Labute approximate surface area is 113 Å². The minimum Gasteiger partial charge on any atom is -0.449 e. The van der Waals surface area contributed by atoms with Crippen LogP contribution < -0.4 is 5.32 Å². The molecule has 0 bridgehead atoms. The molecule has 2 rings (SSSR count). The lowest BCUT2D eigenvalue weighted by Gasteiger charge is -2.17. The van der Waals surface area contributed by atoms with Gasteiger partial charge in [-0.15, -0.1) is 0 Å². The molecule has 19 heavy (non-hydrogen) atoms. The van der Waals surface area contributed by atoms with Gasteiger partial charge in [0.1, 0.15) is 0 Å². The van der Waals surface area contributed by atoms with E-state index in [2.05, 4.69) is 5.32 Å². The van der Waals surface area contributed by atoms with Gasteiger partial charge in [-0.2, -0.15) is 0 Å². The predicted octanol–water partition coefficient (Wildman–Crippen LogP) is 2.29. The van der Waals surface area contributed by atoms with Crippen molar-refractivity contribution < 1.29 is 14.3 Å². The fourth-order valence-corrected chi connectivity index (χ4v) is 2.25. The largest absolute Gasteiger partial charge is 0.449 e. The van der Waals surface area contributed by atoms with Gasteiger partial charge in [0.05, 0.1) is 5.56 Å². The van der Waals surface area contributed by atoms with Crippen molar-refractivity contribution in [1.82, 2.24) is 5.32 Å². The highest BCUT2D eigenvalue weighted by molar-refractivity contribution is 5.92. The summed E-state index contributed by atoms with van der Waals surface area (Å²) in [7, 11) is 0. The van der Waals surface area contributed by atoms with Gasteiger partial charge in [0.2, 0.25) is 0 Å². The number of esters is 1. The number of ether oxygens (including phenoxy) is 1. The van der Waals surface area contributed by atoms with Crippen LogP contribution in [0.25, 0.3) is 0 Å². The van der Waals surface area contributed by atoms with E-state index in [-0.39, 0.29) is 11.9 Å². The summed E-state index contributed by atoms with van der Waals surface area (Å²) in [6.45, 7) is 1.60. The van der Waals surface area contributed by atoms with E-state index in [1.807, 2.05) is 6.07 Å². The summed E-state index contributed by atoms with van der Waals surface area (Å²) in [5.41, 5.74) is 0.461. The lowest BCUT2D eigenvalue weighted by atomic mass is 10.2. The molecule has 1 aliphatic carbocycles. The molecule has 4 heteroatoms. The van der Waals surface area contributed by atoms with Gasteiger partial charge < -0.3 is 10.1 Å². The fourth-order valence-electron chi connectivity index (χ4n) is 2.25. The quantitative estimate of drug-likeness (QED) is 0.846. The number of amides is 1. The van der Waals surface area contributed by atoms with Gasteiger partial charge in [-0.25, -0.2) is 4.79 Å². The third-order valence-corrected chi connectivity index (χ3v) is 3.36. The summed E-state index contributed by atoms with van der Waals surface area (Å²) in [6, 6.07) is 8.94. The average molecular weight is 261 g/mol. The van der Waals surface area contributed by atoms with E-state index in [4.69, 9.17) is 4.74 Å². The molecule has 1 aromatic rings. The van der Waals surface area contributed by atoms with Crippen molar-refractivity contribution in [3.05, 3.63) is 35.9 Å². The number of hydrogen-bond acceptors (Lipinski definition) is 3. The third kappa shape index (κ3) is 3.81. The van der Waals surface area contributed by atoms with Crippen LogP contribution in [0.15, 0.2) is 30.3 Å². The zero-order valence-electron chi connectivity index (χ0n) is 11.1. The van der Waals surface area contributed by atoms with Crippen molar-refractivity contribution >= 4 is 11.9 Å². The van der Waals surface area contributed by atoms with Crippen LogP contribution in [-0.2, 0) is 9.53 Å². The maximum Gasteiger partial charge on any atom is 0.338 e. The Hall–Kier alpha value is -1.84. The van der Waals surface area contributed by atoms with Crippen LogP contribution in [0, 0.1) is 0 Å². The van der Waals surface area contributed by atoms with E-state index in [1.54, 1.807) is 31.2 Å². The molecule has 1 aromatic carbocycles. The van der Waals surface area contributed by atoms with E-state index >= 15 is 0 Å². The van der Waals surface area contributed by atoms with E-state index in [9.17, 15) is 9.59 Å². The van der Waals surface area contributed by atoms with Crippen molar-refractivity contribution in [3.8, 4) is 0 Å². The molecule has 0 saturated heterocycles. The molecule has 1 aliphatic rings. The summed E-state index contributed by atoms with van der Waals surface area (Å²) >= 11 is 0. The van der Waals surface area contributed by atoms with Gasteiger partial charge in [-0.3, -0.25) is 4.79 Å². The Balaban J connectivity index is 1.84. The van der Waals surface area contributed by atoms with Gasteiger partial charge in [-0.1, -0.05) is 31.0 Å². The summed E-state index contributed by atoms with van der Waals surface area (Å²) in [5.74, 6) is -0.675. The van der Waals surface area contributed by atoms with E-state index in [0.717, 1.165) is 25.7 Å². The molecule has 0 heterocycles. The third-order valence-electron chi connectivity index (χ3n) is 3.36. The molecular weight excluding hydrogens is 242 g/mol. The summed E-state index contributed by atoms with van der Waals surface area (Å²) < 4.78 is 5.16. The predicted molar refractivity (Wildman–Crippen MR) is 71.7 cm³/mol. The molecule has 0 radical (unpaired) electrons. The number of rotatable bonds is 4. The van der Waals surface area contributed by atoms with Crippen LogP contribution in [0.4, 0.5) is 0 Å². The Morgan fingerprint density at radius 3 is 2.47 bits per heavy atom. The van der Waals surface area contributed by atoms with Crippen molar-refractivity contribution in [3.63, 3.8) is 0 Å². The molecule has 0 aromatic heterocycles. The van der Waals surface area contributed by atoms with E-state index < -0.39 is 12.1 Å². The van der Waals surface area contributed by atoms with Crippen LogP contribution in [0.5, 0.6) is 0 Å². The van der Waals surface area contributed by atoms with Crippen molar-refractivity contribution in [2.75, 3.05) is 0 Å². The van der Waals surface area contributed by atoms with E-state index in [1.165, 1.54) is 0 Å². The first-order valence-corrected chi connectivity index (χ1v) is 6.73. The fraction of sp³-hybridized carbons (Fsp3) is 0.467. The SMILES string of the molecule is C[C@H](OC(=O)c1ccccc1)C(=O)NC1CCCC1. The Morgan fingerprint density at radius 2 is 1.84 bits per heavy atom. The lowest BCUT2D eigenvalue weighted by molar-refractivity contribution is -0.129. The number of hydrogen-bond donors (Lipinski definition) is 1. The van der Waals surface area contributed by atoms with Gasteiger partial charge in [0, 0.05) is 6.04 Å². The molecule has 1 amide bonds. The minimum atomic E-state index is -0.756.